The quantitative estimate of drug-likeness (QED) is 0.0796. The van der Waals surface area contributed by atoms with Crippen molar-refractivity contribution in [2.75, 3.05) is 0 Å². The fourth-order valence-corrected chi connectivity index (χ4v) is 3.54. The average molecular weight is 531 g/mol. The van der Waals surface area contributed by atoms with Gasteiger partial charge in [-0.1, -0.05) is 104 Å². The van der Waals surface area contributed by atoms with Gasteiger partial charge in [0.15, 0.2) is 0 Å². The SMILES string of the molecule is CC(C)CCCCCCCCCCCCCCC(C)C(=O)O.O=C(O)CCC(=O)OC(=O)CCC(=O)O. The van der Waals surface area contributed by atoms with Crippen LogP contribution in [-0.4, -0.2) is 45.2 Å². The number of unbranched alkanes of at least 4 members (excludes halogenated alkanes) is 11. The van der Waals surface area contributed by atoms with Gasteiger partial charge in [0.25, 0.3) is 0 Å². The first-order valence-corrected chi connectivity index (χ1v) is 13.9. The Balaban J connectivity index is 0. The molecule has 3 N–H and O–H groups in total. The van der Waals surface area contributed by atoms with Crippen molar-refractivity contribution in [1.82, 2.24) is 0 Å². The summed E-state index contributed by atoms with van der Waals surface area (Å²) >= 11 is 0. The second-order valence-corrected chi connectivity index (χ2v) is 10.1. The van der Waals surface area contributed by atoms with Crippen LogP contribution in [0.1, 0.15) is 136 Å². The van der Waals surface area contributed by atoms with Gasteiger partial charge in [-0.05, 0) is 12.3 Å². The predicted octanol–water partition coefficient (Wildman–Crippen LogP) is 6.61. The van der Waals surface area contributed by atoms with Crippen molar-refractivity contribution >= 4 is 29.8 Å². The van der Waals surface area contributed by atoms with Gasteiger partial charge in [-0.15, -0.1) is 0 Å². The van der Waals surface area contributed by atoms with E-state index in [9.17, 15) is 24.0 Å². The molecule has 0 aromatic rings. The van der Waals surface area contributed by atoms with Gasteiger partial charge in [0, 0.05) is 0 Å². The number of aliphatic carboxylic acids is 3. The van der Waals surface area contributed by atoms with Crippen molar-refractivity contribution in [2.45, 2.75) is 136 Å². The number of carboxylic acids is 3. The minimum Gasteiger partial charge on any atom is -0.481 e. The summed E-state index contributed by atoms with van der Waals surface area (Å²) in [7, 11) is 0. The highest BCUT2D eigenvalue weighted by molar-refractivity contribution is 5.88. The highest BCUT2D eigenvalue weighted by Crippen LogP contribution is 2.15. The lowest BCUT2D eigenvalue weighted by Crippen LogP contribution is -2.14. The summed E-state index contributed by atoms with van der Waals surface area (Å²) in [5, 5.41) is 25.2. The summed E-state index contributed by atoms with van der Waals surface area (Å²) in [4.78, 5) is 52.2. The van der Waals surface area contributed by atoms with Gasteiger partial charge in [0.05, 0.1) is 31.6 Å². The molecule has 216 valence electrons. The van der Waals surface area contributed by atoms with E-state index in [1.165, 1.54) is 77.0 Å². The third-order valence-electron chi connectivity index (χ3n) is 5.90. The van der Waals surface area contributed by atoms with Crippen LogP contribution in [0.3, 0.4) is 0 Å². The average Bonchev–Trinajstić information content (AvgIpc) is 2.81. The third kappa shape index (κ3) is 31.5. The van der Waals surface area contributed by atoms with Crippen LogP contribution in [0.25, 0.3) is 0 Å². The fourth-order valence-electron chi connectivity index (χ4n) is 3.54. The van der Waals surface area contributed by atoms with E-state index in [1.54, 1.807) is 0 Å². The standard InChI is InChI=1S/C20H40O2.C8H10O7/c1-18(2)16-14-12-10-8-6-4-5-7-9-11-13-15-17-19(3)20(21)22;9-5(10)1-3-7(13)15-8(14)4-2-6(11)12/h18-19H,4-17H2,1-3H3,(H,21,22);1-4H2,(H,9,10)(H,11,12). The number of carbonyl (C=O) groups is 5. The van der Waals surface area contributed by atoms with Crippen LogP contribution in [0.2, 0.25) is 0 Å². The summed E-state index contributed by atoms with van der Waals surface area (Å²) in [6.45, 7) is 6.44. The number of hydrogen-bond acceptors (Lipinski definition) is 6. The van der Waals surface area contributed by atoms with E-state index in [-0.39, 0.29) is 5.92 Å². The Morgan fingerprint density at radius 3 is 1.14 bits per heavy atom. The number of ether oxygens (including phenoxy) is 1. The van der Waals surface area contributed by atoms with Gasteiger partial charge in [0.2, 0.25) is 0 Å². The first kappa shape index (κ1) is 36.7. The maximum absolute atomic E-state index is 10.7. The van der Waals surface area contributed by atoms with E-state index in [0.29, 0.717) is 0 Å². The highest BCUT2D eigenvalue weighted by atomic mass is 16.6. The Morgan fingerprint density at radius 1 is 0.514 bits per heavy atom. The Kier molecular flexibility index (Phi) is 25.0. The molecule has 0 saturated carbocycles. The number of esters is 2. The fraction of sp³-hybridized carbons (Fsp3) is 0.821. The van der Waals surface area contributed by atoms with E-state index in [2.05, 4.69) is 18.6 Å². The van der Waals surface area contributed by atoms with Crippen molar-refractivity contribution < 1.29 is 44.0 Å². The summed E-state index contributed by atoms with van der Waals surface area (Å²) in [5.74, 6) is -4.23. The van der Waals surface area contributed by atoms with Crippen molar-refractivity contribution in [2.24, 2.45) is 11.8 Å². The summed E-state index contributed by atoms with van der Waals surface area (Å²) in [6.07, 6.45) is 16.7. The van der Waals surface area contributed by atoms with E-state index in [1.807, 2.05) is 6.92 Å². The van der Waals surface area contributed by atoms with Crippen molar-refractivity contribution in [3.63, 3.8) is 0 Å². The molecule has 37 heavy (non-hydrogen) atoms. The Hall–Kier alpha value is -2.45. The molecule has 9 heteroatoms. The molecule has 0 fully saturated rings. The number of carboxylic acid groups (broad SMARTS) is 3. The molecule has 0 bridgehead atoms. The highest BCUT2D eigenvalue weighted by Gasteiger charge is 2.13. The molecular formula is C28H50O9. The molecule has 0 aliphatic heterocycles. The minimum atomic E-state index is -1.18. The van der Waals surface area contributed by atoms with Crippen LogP contribution in [0, 0.1) is 11.8 Å². The Labute approximate surface area is 222 Å². The lowest BCUT2D eigenvalue weighted by Gasteiger charge is -2.06. The second-order valence-electron chi connectivity index (χ2n) is 10.1. The Morgan fingerprint density at radius 2 is 0.838 bits per heavy atom. The molecule has 0 radical (unpaired) electrons. The van der Waals surface area contributed by atoms with E-state index >= 15 is 0 Å². The van der Waals surface area contributed by atoms with Crippen molar-refractivity contribution in [3.8, 4) is 0 Å². The van der Waals surface area contributed by atoms with Gasteiger partial charge in [-0.25, -0.2) is 0 Å². The van der Waals surface area contributed by atoms with Crippen LogP contribution < -0.4 is 0 Å². The largest absolute Gasteiger partial charge is 0.481 e. The van der Waals surface area contributed by atoms with Crippen LogP contribution in [0.5, 0.6) is 0 Å². The zero-order chi connectivity index (χ0) is 28.5. The summed E-state index contributed by atoms with van der Waals surface area (Å²) in [6, 6.07) is 0. The molecule has 0 heterocycles. The Bertz CT molecular complexity index is 616. The maximum atomic E-state index is 10.7. The first-order valence-electron chi connectivity index (χ1n) is 13.9. The van der Waals surface area contributed by atoms with Gasteiger partial charge in [-0.2, -0.15) is 0 Å². The van der Waals surface area contributed by atoms with E-state index in [0.717, 1.165) is 18.8 Å². The molecule has 0 spiro atoms. The van der Waals surface area contributed by atoms with E-state index in [4.69, 9.17) is 15.3 Å². The third-order valence-corrected chi connectivity index (χ3v) is 5.90. The lowest BCUT2D eigenvalue weighted by molar-refractivity contribution is -0.162. The summed E-state index contributed by atoms with van der Waals surface area (Å²) in [5.41, 5.74) is 0. The molecule has 0 aromatic heterocycles. The number of rotatable bonds is 22. The minimum absolute atomic E-state index is 0.166. The molecule has 0 amide bonds. The molecule has 0 aliphatic carbocycles. The monoisotopic (exact) mass is 530 g/mol. The van der Waals surface area contributed by atoms with E-state index < -0.39 is 55.5 Å². The zero-order valence-corrected chi connectivity index (χ0v) is 23.2. The van der Waals surface area contributed by atoms with Gasteiger partial charge >= 0.3 is 29.8 Å². The topological polar surface area (TPSA) is 155 Å². The van der Waals surface area contributed by atoms with Crippen LogP contribution in [0.15, 0.2) is 0 Å². The van der Waals surface area contributed by atoms with Gasteiger partial charge in [0.1, 0.15) is 0 Å². The summed E-state index contributed by atoms with van der Waals surface area (Å²) < 4.78 is 4.15. The first-order chi connectivity index (χ1) is 17.5. The normalized spacial score (nSPS) is 11.4. The molecule has 0 rings (SSSR count). The smallest absolute Gasteiger partial charge is 0.314 e. The van der Waals surface area contributed by atoms with Crippen LogP contribution in [0.4, 0.5) is 0 Å². The molecule has 0 aromatic carbocycles. The van der Waals surface area contributed by atoms with Crippen molar-refractivity contribution in [3.05, 3.63) is 0 Å². The second kappa shape index (κ2) is 25.2. The predicted molar refractivity (Wildman–Crippen MR) is 141 cm³/mol. The molecular weight excluding hydrogens is 480 g/mol. The molecule has 0 saturated heterocycles. The lowest BCUT2D eigenvalue weighted by atomic mass is 10.0. The van der Waals surface area contributed by atoms with Crippen molar-refractivity contribution in [1.29, 1.82) is 0 Å². The zero-order valence-electron chi connectivity index (χ0n) is 23.2. The molecule has 9 nitrogen and oxygen atoms in total. The van der Waals surface area contributed by atoms with Crippen LogP contribution >= 0.6 is 0 Å². The molecule has 1 unspecified atom stereocenters. The number of hydrogen-bond donors (Lipinski definition) is 3. The number of carbonyl (C=O) groups excluding carboxylic acids is 2. The van der Waals surface area contributed by atoms with Crippen LogP contribution in [-0.2, 0) is 28.7 Å². The van der Waals surface area contributed by atoms with Gasteiger partial charge < -0.3 is 20.1 Å². The van der Waals surface area contributed by atoms with Gasteiger partial charge in [-0.3, -0.25) is 24.0 Å². The maximum Gasteiger partial charge on any atom is 0.314 e. The molecule has 1 atom stereocenters. The molecule has 0 aliphatic rings.